The van der Waals surface area contributed by atoms with Gasteiger partial charge in [-0.05, 0) is 18.7 Å². The highest BCUT2D eigenvalue weighted by atomic mass is 32.2. The van der Waals surface area contributed by atoms with Crippen molar-refractivity contribution in [1.29, 1.82) is 0 Å². The van der Waals surface area contributed by atoms with E-state index in [-0.39, 0.29) is 37.8 Å². The van der Waals surface area contributed by atoms with Crippen LogP contribution < -0.4 is 4.90 Å². The maximum absolute atomic E-state index is 13.2. The third-order valence-corrected chi connectivity index (χ3v) is 5.03. The number of thioether (sulfide) groups is 1. The Morgan fingerprint density at radius 2 is 2.09 bits per heavy atom. The van der Waals surface area contributed by atoms with Crippen LogP contribution in [-0.4, -0.2) is 59.1 Å². The van der Waals surface area contributed by atoms with Crippen LogP contribution in [-0.2, 0) is 4.79 Å². The Morgan fingerprint density at radius 3 is 2.78 bits per heavy atom. The molecule has 5 nitrogen and oxygen atoms in total. The largest absolute Gasteiger partial charge is 0.356 e. The molecule has 0 saturated carbocycles. The Labute approximate surface area is 138 Å². The van der Waals surface area contributed by atoms with Crippen LogP contribution in [0.2, 0.25) is 0 Å². The summed E-state index contributed by atoms with van der Waals surface area (Å²) in [7, 11) is 0. The van der Waals surface area contributed by atoms with Crippen LogP contribution in [0, 0.1) is 5.92 Å². The summed E-state index contributed by atoms with van der Waals surface area (Å²) in [6, 6.07) is 1.84. The minimum atomic E-state index is -2.62. The van der Waals surface area contributed by atoms with Gasteiger partial charge in [0.25, 0.3) is 5.92 Å². The lowest BCUT2D eigenvalue weighted by Gasteiger charge is -2.33. The maximum Gasteiger partial charge on any atom is 0.251 e. The zero-order valence-electron chi connectivity index (χ0n) is 13.0. The first-order valence-corrected chi connectivity index (χ1v) is 8.99. The molecule has 1 amide bonds. The Balaban J connectivity index is 1.60. The summed E-state index contributed by atoms with van der Waals surface area (Å²) in [5, 5.41) is 0.704. The topological polar surface area (TPSA) is 49.3 Å². The smallest absolute Gasteiger partial charge is 0.251 e. The lowest BCUT2D eigenvalue weighted by molar-refractivity contribution is -0.140. The van der Waals surface area contributed by atoms with E-state index in [0.717, 1.165) is 18.8 Å². The highest BCUT2D eigenvalue weighted by Gasteiger charge is 2.38. The Bertz CT molecular complexity index is 576. The predicted molar refractivity (Wildman–Crippen MR) is 84.9 cm³/mol. The van der Waals surface area contributed by atoms with E-state index in [1.54, 1.807) is 11.1 Å². The number of nitrogens with zero attached hydrogens (tertiary/aromatic N) is 4. The Hall–Kier alpha value is -1.44. The van der Waals surface area contributed by atoms with Gasteiger partial charge in [-0.3, -0.25) is 4.79 Å². The van der Waals surface area contributed by atoms with Gasteiger partial charge < -0.3 is 9.80 Å². The summed E-state index contributed by atoms with van der Waals surface area (Å²) in [6.07, 6.45) is 3.93. The van der Waals surface area contributed by atoms with Gasteiger partial charge in [0.05, 0.1) is 5.92 Å². The monoisotopic (exact) mass is 342 g/mol. The number of alkyl halides is 2. The van der Waals surface area contributed by atoms with Crippen LogP contribution in [0.25, 0.3) is 0 Å². The van der Waals surface area contributed by atoms with Crippen LogP contribution in [0.5, 0.6) is 0 Å². The van der Waals surface area contributed by atoms with E-state index in [2.05, 4.69) is 14.9 Å². The number of aromatic nitrogens is 2. The normalized spacial score (nSPS) is 24.0. The van der Waals surface area contributed by atoms with E-state index in [4.69, 9.17) is 0 Å². The summed E-state index contributed by atoms with van der Waals surface area (Å²) in [5.74, 6) is -1.92. The fourth-order valence-electron chi connectivity index (χ4n) is 3.09. The number of hydrogen-bond donors (Lipinski definition) is 0. The molecular formula is C15H20F2N4OS. The second-order valence-corrected chi connectivity index (χ2v) is 6.79. The molecule has 0 aliphatic carbocycles. The van der Waals surface area contributed by atoms with Crippen molar-refractivity contribution in [2.45, 2.75) is 30.3 Å². The van der Waals surface area contributed by atoms with Crippen LogP contribution in [0.15, 0.2) is 17.4 Å². The van der Waals surface area contributed by atoms with E-state index >= 15 is 0 Å². The summed E-state index contributed by atoms with van der Waals surface area (Å²) in [5.41, 5.74) is 0. The highest BCUT2D eigenvalue weighted by Crippen LogP contribution is 2.30. The first kappa shape index (κ1) is 16.4. The lowest BCUT2D eigenvalue weighted by Crippen LogP contribution is -2.45. The second kappa shape index (κ2) is 6.59. The SMILES string of the molecule is CSc1nccc(N2CCC(C(=O)N3CCC(F)(F)CC3)C2)n1. The van der Waals surface area contributed by atoms with E-state index in [9.17, 15) is 13.6 Å². The minimum absolute atomic E-state index is 0.00199. The van der Waals surface area contributed by atoms with Gasteiger partial charge in [-0.25, -0.2) is 18.7 Å². The molecular weight excluding hydrogens is 322 g/mol. The lowest BCUT2D eigenvalue weighted by atomic mass is 10.0. The fraction of sp³-hybridized carbons (Fsp3) is 0.667. The van der Waals surface area contributed by atoms with Crippen molar-refractivity contribution in [2.75, 3.05) is 37.3 Å². The molecule has 3 heterocycles. The van der Waals surface area contributed by atoms with Crippen molar-refractivity contribution in [3.63, 3.8) is 0 Å². The molecule has 8 heteroatoms. The molecule has 2 saturated heterocycles. The maximum atomic E-state index is 13.2. The van der Waals surface area contributed by atoms with Crippen LogP contribution in [0.4, 0.5) is 14.6 Å². The van der Waals surface area contributed by atoms with Gasteiger partial charge in [0, 0.05) is 45.2 Å². The van der Waals surface area contributed by atoms with Crippen molar-refractivity contribution >= 4 is 23.5 Å². The van der Waals surface area contributed by atoms with Gasteiger partial charge in [-0.2, -0.15) is 0 Å². The second-order valence-electron chi connectivity index (χ2n) is 6.01. The molecule has 0 N–H and O–H groups in total. The van der Waals surface area contributed by atoms with Gasteiger partial charge in [0.1, 0.15) is 5.82 Å². The predicted octanol–water partition coefficient (Wildman–Crippen LogP) is 2.28. The number of hydrogen-bond acceptors (Lipinski definition) is 5. The Morgan fingerprint density at radius 1 is 1.35 bits per heavy atom. The molecule has 1 aromatic rings. The van der Waals surface area contributed by atoms with Crippen LogP contribution in [0.3, 0.4) is 0 Å². The van der Waals surface area contributed by atoms with Crippen molar-refractivity contribution < 1.29 is 13.6 Å². The Kier molecular flexibility index (Phi) is 4.70. The van der Waals surface area contributed by atoms with E-state index in [0.29, 0.717) is 11.7 Å². The molecule has 1 atom stereocenters. The number of halogens is 2. The third kappa shape index (κ3) is 3.73. The molecule has 1 unspecified atom stereocenters. The summed E-state index contributed by atoms with van der Waals surface area (Å²) in [6.45, 7) is 1.67. The quantitative estimate of drug-likeness (QED) is 0.623. The fourth-order valence-corrected chi connectivity index (χ4v) is 3.44. The van der Waals surface area contributed by atoms with Crippen molar-refractivity contribution in [3.8, 4) is 0 Å². The van der Waals surface area contributed by atoms with Gasteiger partial charge >= 0.3 is 0 Å². The zero-order valence-corrected chi connectivity index (χ0v) is 13.9. The van der Waals surface area contributed by atoms with Crippen molar-refractivity contribution in [2.24, 2.45) is 5.92 Å². The van der Waals surface area contributed by atoms with Crippen LogP contribution in [0.1, 0.15) is 19.3 Å². The number of piperidine rings is 1. The molecule has 2 aliphatic heterocycles. The number of rotatable bonds is 3. The van der Waals surface area contributed by atoms with Crippen molar-refractivity contribution in [1.82, 2.24) is 14.9 Å². The summed E-state index contributed by atoms with van der Waals surface area (Å²) >= 11 is 1.48. The first-order valence-electron chi connectivity index (χ1n) is 7.77. The molecule has 2 aliphatic rings. The number of carbonyl (C=O) groups excluding carboxylic acids is 1. The van der Waals surface area contributed by atoms with E-state index in [1.165, 1.54) is 11.8 Å². The molecule has 126 valence electrons. The molecule has 2 fully saturated rings. The zero-order chi connectivity index (χ0) is 16.4. The number of amides is 1. The molecule has 1 aromatic heterocycles. The third-order valence-electron chi connectivity index (χ3n) is 4.47. The highest BCUT2D eigenvalue weighted by molar-refractivity contribution is 7.98. The van der Waals surface area contributed by atoms with Gasteiger partial charge in [-0.15, -0.1) is 0 Å². The van der Waals surface area contributed by atoms with Gasteiger partial charge in [-0.1, -0.05) is 11.8 Å². The minimum Gasteiger partial charge on any atom is -0.356 e. The number of carbonyl (C=O) groups is 1. The van der Waals surface area contributed by atoms with Gasteiger partial charge in [0.2, 0.25) is 5.91 Å². The van der Waals surface area contributed by atoms with Gasteiger partial charge in [0.15, 0.2) is 5.16 Å². The molecule has 3 rings (SSSR count). The van der Waals surface area contributed by atoms with E-state index in [1.807, 2.05) is 12.3 Å². The first-order chi connectivity index (χ1) is 11.0. The standard InChI is InChI=1S/C15H20F2N4OS/c1-23-14-18-6-2-12(19-14)21-7-3-11(10-21)13(22)20-8-4-15(16,17)5-9-20/h2,6,11H,3-5,7-10H2,1H3. The average molecular weight is 342 g/mol. The molecule has 0 bridgehead atoms. The average Bonchev–Trinajstić information content (AvgIpc) is 3.04. The van der Waals surface area contributed by atoms with E-state index < -0.39 is 5.92 Å². The molecule has 0 radical (unpaired) electrons. The summed E-state index contributed by atoms with van der Waals surface area (Å²) in [4.78, 5) is 24.8. The molecule has 0 spiro atoms. The van der Waals surface area contributed by atoms with Crippen LogP contribution >= 0.6 is 11.8 Å². The number of likely N-dealkylation sites (tertiary alicyclic amines) is 1. The number of anilines is 1. The van der Waals surface area contributed by atoms with Crippen molar-refractivity contribution in [3.05, 3.63) is 12.3 Å². The molecule has 0 aromatic carbocycles. The molecule has 23 heavy (non-hydrogen) atoms. The summed E-state index contributed by atoms with van der Waals surface area (Å²) < 4.78 is 26.4.